The second-order valence-electron chi connectivity index (χ2n) is 4.35. The standard InChI is InChI=1S/C13H13ClN4O3/c14-9-2-1-3-10(6-9)15-12(19)4-5-18-8-11(16-17-18)7-13(20)21/h1-3,6,8H,4-5,7H2,(H,15,19)(H,20,21). The van der Waals surface area contributed by atoms with Crippen LogP contribution in [0.2, 0.25) is 5.02 Å². The molecule has 2 aromatic rings. The van der Waals surface area contributed by atoms with E-state index in [1.54, 1.807) is 24.3 Å². The molecular formula is C13H13ClN4O3. The van der Waals surface area contributed by atoms with Crippen molar-refractivity contribution < 1.29 is 14.7 Å². The van der Waals surface area contributed by atoms with Gasteiger partial charge in [-0.05, 0) is 18.2 Å². The molecule has 0 aliphatic heterocycles. The van der Waals surface area contributed by atoms with Crippen molar-refractivity contribution in [3.05, 3.63) is 41.2 Å². The minimum atomic E-state index is -0.972. The summed E-state index contributed by atoms with van der Waals surface area (Å²) in [5.41, 5.74) is 0.982. The Morgan fingerprint density at radius 2 is 2.19 bits per heavy atom. The molecule has 1 heterocycles. The van der Waals surface area contributed by atoms with Gasteiger partial charge in [-0.15, -0.1) is 5.10 Å². The van der Waals surface area contributed by atoms with Gasteiger partial charge in [0.1, 0.15) is 0 Å². The molecule has 21 heavy (non-hydrogen) atoms. The van der Waals surface area contributed by atoms with Gasteiger partial charge in [0.05, 0.1) is 18.7 Å². The first-order valence-electron chi connectivity index (χ1n) is 6.19. The zero-order valence-corrected chi connectivity index (χ0v) is 11.7. The number of rotatable bonds is 6. The number of hydrogen-bond acceptors (Lipinski definition) is 4. The number of amides is 1. The quantitative estimate of drug-likeness (QED) is 0.844. The Morgan fingerprint density at radius 1 is 1.38 bits per heavy atom. The van der Waals surface area contributed by atoms with Crippen LogP contribution in [0.3, 0.4) is 0 Å². The number of carboxylic acid groups (broad SMARTS) is 1. The molecule has 0 aliphatic carbocycles. The van der Waals surface area contributed by atoms with Gasteiger partial charge >= 0.3 is 5.97 Å². The van der Waals surface area contributed by atoms with Crippen molar-refractivity contribution in [2.75, 3.05) is 5.32 Å². The summed E-state index contributed by atoms with van der Waals surface area (Å²) in [7, 11) is 0. The van der Waals surface area contributed by atoms with Crippen molar-refractivity contribution in [3.63, 3.8) is 0 Å². The molecule has 7 nitrogen and oxygen atoms in total. The summed E-state index contributed by atoms with van der Waals surface area (Å²) in [6.45, 7) is 0.318. The summed E-state index contributed by atoms with van der Waals surface area (Å²) >= 11 is 5.82. The van der Waals surface area contributed by atoms with E-state index in [1.165, 1.54) is 10.9 Å². The second kappa shape index (κ2) is 6.85. The molecule has 0 radical (unpaired) electrons. The fraction of sp³-hybridized carbons (Fsp3) is 0.231. The molecule has 0 saturated heterocycles. The number of carbonyl (C=O) groups excluding carboxylic acids is 1. The Bertz CT molecular complexity index is 656. The molecule has 1 aromatic carbocycles. The number of halogens is 1. The predicted octanol–water partition coefficient (Wildman–Crippen LogP) is 1.59. The lowest BCUT2D eigenvalue weighted by atomic mass is 10.3. The van der Waals surface area contributed by atoms with Crippen LogP contribution >= 0.6 is 11.6 Å². The Kier molecular flexibility index (Phi) is 4.89. The van der Waals surface area contributed by atoms with Crippen LogP contribution in [-0.4, -0.2) is 32.0 Å². The third-order valence-electron chi connectivity index (χ3n) is 2.59. The number of carbonyl (C=O) groups is 2. The Balaban J connectivity index is 1.83. The first kappa shape index (κ1) is 15.0. The fourth-order valence-corrected chi connectivity index (χ4v) is 1.88. The van der Waals surface area contributed by atoms with Gasteiger partial charge in [0.25, 0.3) is 0 Å². The number of nitrogens with one attached hydrogen (secondary N) is 1. The number of nitrogens with zero attached hydrogens (tertiary/aromatic N) is 3. The minimum absolute atomic E-state index is 0.186. The largest absolute Gasteiger partial charge is 0.481 e. The minimum Gasteiger partial charge on any atom is -0.481 e. The molecule has 1 amide bonds. The molecule has 0 fully saturated rings. The summed E-state index contributed by atoms with van der Waals surface area (Å²) < 4.78 is 1.44. The molecule has 0 atom stereocenters. The first-order chi connectivity index (χ1) is 10.0. The van der Waals surface area contributed by atoms with Gasteiger partial charge in [-0.2, -0.15) is 0 Å². The van der Waals surface area contributed by atoms with Gasteiger partial charge in [-0.1, -0.05) is 22.9 Å². The second-order valence-corrected chi connectivity index (χ2v) is 4.79. The Morgan fingerprint density at radius 3 is 2.90 bits per heavy atom. The Labute approximate surface area is 125 Å². The lowest BCUT2D eigenvalue weighted by molar-refractivity contribution is -0.136. The van der Waals surface area contributed by atoms with E-state index < -0.39 is 5.97 Å². The van der Waals surface area contributed by atoms with Crippen molar-refractivity contribution in [1.29, 1.82) is 0 Å². The molecule has 8 heteroatoms. The maximum absolute atomic E-state index is 11.8. The summed E-state index contributed by atoms with van der Waals surface area (Å²) in [5.74, 6) is -1.16. The monoisotopic (exact) mass is 308 g/mol. The SMILES string of the molecule is O=C(O)Cc1cn(CCC(=O)Nc2cccc(Cl)c2)nn1. The van der Waals surface area contributed by atoms with E-state index in [4.69, 9.17) is 16.7 Å². The van der Waals surface area contributed by atoms with Crippen LogP contribution in [0.15, 0.2) is 30.5 Å². The van der Waals surface area contributed by atoms with Crippen molar-refractivity contribution in [2.45, 2.75) is 19.4 Å². The van der Waals surface area contributed by atoms with Gasteiger partial charge in [0.15, 0.2) is 0 Å². The smallest absolute Gasteiger partial charge is 0.309 e. The van der Waals surface area contributed by atoms with Crippen molar-refractivity contribution in [2.24, 2.45) is 0 Å². The Hall–Kier alpha value is -2.41. The number of anilines is 1. The predicted molar refractivity (Wildman–Crippen MR) is 76.1 cm³/mol. The average molecular weight is 309 g/mol. The van der Waals surface area contributed by atoms with E-state index in [2.05, 4.69) is 15.6 Å². The van der Waals surface area contributed by atoms with Crippen molar-refractivity contribution in [3.8, 4) is 0 Å². The van der Waals surface area contributed by atoms with Crippen LogP contribution in [0.25, 0.3) is 0 Å². The van der Waals surface area contributed by atoms with Crippen molar-refractivity contribution in [1.82, 2.24) is 15.0 Å². The highest BCUT2D eigenvalue weighted by atomic mass is 35.5. The number of aryl methyl sites for hydroxylation is 1. The van der Waals surface area contributed by atoms with Crippen LogP contribution in [0.4, 0.5) is 5.69 Å². The molecule has 2 N–H and O–H groups in total. The van der Waals surface area contributed by atoms with Gasteiger partial charge < -0.3 is 10.4 Å². The van der Waals surface area contributed by atoms with Crippen LogP contribution < -0.4 is 5.32 Å². The molecule has 2 rings (SSSR count). The van der Waals surface area contributed by atoms with E-state index in [0.29, 0.717) is 22.9 Å². The third-order valence-corrected chi connectivity index (χ3v) is 2.83. The summed E-state index contributed by atoms with van der Waals surface area (Å²) in [6, 6.07) is 6.86. The van der Waals surface area contributed by atoms with Crippen LogP contribution in [0, 0.1) is 0 Å². The number of carboxylic acids is 1. The average Bonchev–Trinajstić information content (AvgIpc) is 2.83. The van der Waals surface area contributed by atoms with E-state index in [9.17, 15) is 9.59 Å². The molecule has 1 aromatic heterocycles. The highest BCUT2D eigenvalue weighted by Crippen LogP contribution is 2.15. The molecule has 0 spiro atoms. The summed E-state index contributed by atoms with van der Waals surface area (Å²) in [4.78, 5) is 22.3. The number of aliphatic carboxylic acids is 1. The molecular weight excluding hydrogens is 296 g/mol. The summed E-state index contributed by atoms with van der Waals surface area (Å²) in [5, 5.41) is 19.4. The lowest BCUT2D eigenvalue weighted by Crippen LogP contribution is -2.14. The molecule has 0 unspecified atom stereocenters. The third kappa shape index (κ3) is 4.88. The normalized spacial score (nSPS) is 10.3. The number of hydrogen-bond donors (Lipinski definition) is 2. The van der Waals surface area contributed by atoms with E-state index in [-0.39, 0.29) is 18.7 Å². The number of aromatic nitrogens is 3. The molecule has 0 aliphatic rings. The van der Waals surface area contributed by atoms with E-state index in [0.717, 1.165) is 0 Å². The van der Waals surface area contributed by atoms with Gasteiger partial charge in [0, 0.05) is 23.3 Å². The fourth-order valence-electron chi connectivity index (χ4n) is 1.69. The molecule has 110 valence electrons. The van der Waals surface area contributed by atoms with Gasteiger partial charge in [-0.25, -0.2) is 0 Å². The van der Waals surface area contributed by atoms with Crippen LogP contribution in [0.1, 0.15) is 12.1 Å². The molecule has 0 saturated carbocycles. The maximum atomic E-state index is 11.8. The highest BCUT2D eigenvalue weighted by molar-refractivity contribution is 6.30. The van der Waals surface area contributed by atoms with Gasteiger partial charge in [-0.3, -0.25) is 14.3 Å². The molecule has 0 bridgehead atoms. The summed E-state index contributed by atoms with van der Waals surface area (Å²) in [6.07, 6.45) is 1.53. The highest BCUT2D eigenvalue weighted by Gasteiger charge is 2.07. The topological polar surface area (TPSA) is 97.1 Å². The van der Waals surface area contributed by atoms with E-state index >= 15 is 0 Å². The van der Waals surface area contributed by atoms with Crippen LogP contribution in [0.5, 0.6) is 0 Å². The van der Waals surface area contributed by atoms with Crippen LogP contribution in [-0.2, 0) is 22.6 Å². The van der Waals surface area contributed by atoms with E-state index in [1.807, 2.05) is 0 Å². The lowest BCUT2D eigenvalue weighted by Gasteiger charge is -2.05. The zero-order valence-electron chi connectivity index (χ0n) is 11.0. The number of benzene rings is 1. The first-order valence-corrected chi connectivity index (χ1v) is 6.57. The zero-order chi connectivity index (χ0) is 15.2. The van der Waals surface area contributed by atoms with Gasteiger partial charge in [0.2, 0.25) is 5.91 Å². The van der Waals surface area contributed by atoms with Crippen molar-refractivity contribution >= 4 is 29.2 Å². The maximum Gasteiger partial charge on any atom is 0.309 e.